The van der Waals surface area contributed by atoms with Gasteiger partial charge >= 0.3 is 0 Å². The summed E-state index contributed by atoms with van der Waals surface area (Å²) in [6.45, 7) is 1.97. The van der Waals surface area contributed by atoms with Crippen LogP contribution < -0.4 is 16.2 Å². The van der Waals surface area contributed by atoms with E-state index in [0.717, 1.165) is 10.1 Å². The molecule has 0 atom stereocenters. The first-order valence-corrected chi connectivity index (χ1v) is 8.51. The van der Waals surface area contributed by atoms with E-state index >= 15 is 0 Å². The first kappa shape index (κ1) is 19.7. The fourth-order valence-electron chi connectivity index (χ4n) is 2.40. The number of carbonyl (C=O) groups is 2. The van der Waals surface area contributed by atoms with Crippen molar-refractivity contribution in [1.29, 1.82) is 0 Å². The van der Waals surface area contributed by atoms with Gasteiger partial charge in [0.1, 0.15) is 11.3 Å². The van der Waals surface area contributed by atoms with Gasteiger partial charge in [-0.15, -0.1) is 0 Å². The van der Waals surface area contributed by atoms with Gasteiger partial charge in [-0.2, -0.15) is 0 Å². The van der Waals surface area contributed by atoms with Crippen LogP contribution in [0.4, 0.5) is 0 Å². The van der Waals surface area contributed by atoms with Crippen molar-refractivity contribution in [2.45, 2.75) is 20.0 Å². The molecule has 0 aliphatic carbocycles. The van der Waals surface area contributed by atoms with Gasteiger partial charge in [0.15, 0.2) is 0 Å². The summed E-state index contributed by atoms with van der Waals surface area (Å²) in [5.74, 6) is -0.995. The number of aliphatic hydroxyl groups excluding tert-OH is 1. The highest BCUT2D eigenvalue weighted by Crippen LogP contribution is 2.09. The Morgan fingerprint density at radius 1 is 1.08 bits per heavy atom. The number of pyridine rings is 1. The SMILES string of the molecule is CCNC(=O)c1ccc(C(=O)NCc2ccc(Cl)cc2)c(=O)n1CCO. The number of amides is 2. The Hall–Kier alpha value is -2.64. The van der Waals surface area contributed by atoms with Crippen LogP contribution in [0.2, 0.25) is 5.02 Å². The Labute approximate surface area is 155 Å². The lowest BCUT2D eigenvalue weighted by Gasteiger charge is -2.13. The molecular weight excluding hydrogens is 358 g/mol. The molecule has 26 heavy (non-hydrogen) atoms. The molecule has 0 saturated carbocycles. The van der Waals surface area contributed by atoms with Crippen LogP contribution >= 0.6 is 11.6 Å². The van der Waals surface area contributed by atoms with Crippen LogP contribution in [0.25, 0.3) is 0 Å². The van der Waals surface area contributed by atoms with Gasteiger partial charge in [-0.25, -0.2) is 0 Å². The van der Waals surface area contributed by atoms with E-state index in [2.05, 4.69) is 10.6 Å². The van der Waals surface area contributed by atoms with Crippen LogP contribution in [0.3, 0.4) is 0 Å². The van der Waals surface area contributed by atoms with Crippen molar-refractivity contribution in [2.24, 2.45) is 0 Å². The molecule has 0 aliphatic heterocycles. The second kappa shape index (κ2) is 9.17. The monoisotopic (exact) mass is 377 g/mol. The molecule has 0 aliphatic rings. The molecule has 2 amide bonds. The molecule has 0 unspecified atom stereocenters. The molecular formula is C18H20ClN3O4. The van der Waals surface area contributed by atoms with Gasteiger partial charge in [-0.05, 0) is 36.8 Å². The summed E-state index contributed by atoms with van der Waals surface area (Å²) in [5, 5.41) is 15.0. The summed E-state index contributed by atoms with van der Waals surface area (Å²) in [4.78, 5) is 37.0. The van der Waals surface area contributed by atoms with Crippen LogP contribution in [0.5, 0.6) is 0 Å². The summed E-state index contributed by atoms with van der Waals surface area (Å²) < 4.78 is 1.10. The standard InChI is InChI=1S/C18H20ClN3O4/c1-2-20-17(25)15-8-7-14(18(26)22(15)9-10-23)16(24)21-11-12-3-5-13(19)6-4-12/h3-8,23H,2,9-11H2,1H3,(H,20,25)(H,21,24). The van der Waals surface area contributed by atoms with E-state index < -0.39 is 17.4 Å². The predicted molar refractivity (Wildman–Crippen MR) is 98.4 cm³/mol. The number of halogens is 1. The third kappa shape index (κ3) is 4.71. The molecule has 0 bridgehead atoms. The molecule has 7 nitrogen and oxygen atoms in total. The lowest BCUT2D eigenvalue weighted by molar-refractivity contribution is 0.0929. The second-order valence-electron chi connectivity index (χ2n) is 5.48. The first-order chi connectivity index (χ1) is 12.5. The number of aromatic nitrogens is 1. The average Bonchev–Trinajstić information content (AvgIpc) is 2.63. The largest absolute Gasteiger partial charge is 0.395 e. The van der Waals surface area contributed by atoms with Crippen molar-refractivity contribution in [2.75, 3.05) is 13.2 Å². The lowest BCUT2D eigenvalue weighted by Crippen LogP contribution is -2.37. The van der Waals surface area contributed by atoms with Crippen molar-refractivity contribution in [3.05, 3.63) is 68.6 Å². The van der Waals surface area contributed by atoms with Crippen LogP contribution in [-0.4, -0.2) is 34.6 Å². The van der Waals surface area contributed by atoms with Gasteiger partial charge in [-0.1, -0.05) is 23.7 Å². The van der Waals surface area contributed by atoms with E-state index in [4.69, 9.17) is 11.6 Å². The Balaban J connectivity index is 2.23. The maximum atomic E-state index is 12.6. The fraction of sp³-hybridized carbons (Fsp3) is 0.278. The Morgan fingerprint density at radius 3 is 2.38 bits per heavy atom. The second-order valence-corrected chi connectivity index (χ2v) is 5.92. The van der Waals surface area contributed by atoms with Gasteiger partial charge in [0.2, 0.25) is 0 Å². The summed E-state index contributed by atoms with van der Waals surface area (Å²) in [5.41, 5.74) is 0.203. The Morgan fingerprint density at radius 2 is 1.77 bits per heavy atom. The lowest BCUT2D eigenvalue weighted by atomic mass is 10.2. The van der Waals surface area contributed by atoms with Crippen LogP contribution in [0.15, 0.2) is 41.2 Å². The maximum Gasteiger partial charge on any atom is 0.268 e. The van der Waals surface area contributed by atoms with Crippen LogP contribution in [0, 0.1) is 0 Å². The van der Waals surface area contributed by atoms with Crippen molar-refractivity contribution in [3.63, 3.8) is 0 Å². The fourth-order valence-corrected chi connectivity index (χ4v) is 2.53. The maximum absolute atomic E-state index is 12.6. The molecule has 138 valence electrons. The zero-order valence-electron chi connectivity index (χ0n) is 14.3. The van der Waals surface area contributed by atoms with Crippen molar-refractivity contribution >= 4 is 23.4 Å². The molecule has 0 radical (unpaired) electrons. The number of carbonyl (C=O) groups excluding carboxylic acids is 2. The zero-order chi connectivity index (χ0) is 19.1. The Kier molecular flexibility index (Phi) is 6.94. The molecule has 1 aromatic carbocycles. The van der Waals surface area contributed by atoms with E-state index in [1.165, 1.54) is 12.1 Å². The highest BCUT2D eigenvalue weighted by Gasteiger charge is 2.18. The van der Waals surface area contributed by atoms with Crippen molar-refractivity contribution in [3.8, 4) is 0 Å². The molecule has 0 fully saturated rings. The molecule has 2 rings (SSSR count). The van der Waals surface area contributed by atoms with Gasteiger partial charge in [-0.3, -0.25) is 14.4 Å². The molecule has 3 N–H and O–H groups in total. The number of hydrogen-bond acceptors (Lipinski definition) is 4. The summed E-state index contributed by atoms with van der Waals surface area (Å²) in [6.07, 6.45) is 0. The van der Waals surface area contributed by atoms with E-state index in [0.29, 0.717) is 11.6 Å². The third-order valence-corrected chi connectivity index (χ3v) is 3.93. The molecule has 0 saturated heterocycles. The molecule has 0 spiro atoms. The topological polar surface area (TPSA) is 100 Å². The number of benzene rings is 1. The Bertz CT molecular complexity index is 847. The van der Waals surface area contributed by atoms with Gasteiger partial charge in [0.05, 0.1) is 6.61 Å². The summed E-state index contributed by atoms with van der Waals surface area (Å²) in [7, 11) is 0. The first-order valence-electron chi connectivity index (χ1n) is 8.13. The minimum absolute atomic E-state index is 0.0798. The van der Waals surface area contributed by atoms with E-state index in [1.54, 1.807) is 31.2 Å². The van der Waals surface area contributed by atoms with Gasteiger partial charge in [0.25, 0.3) is 17.4 Å². The van der Waals surface area contributed by atoms with Crippen LogP contribution in [-0.2, 0) is 13.1 Å². The minimum Gasteiger partial charge on any atom is -0.395 e. The minimum atomic E-state index is -0.628. The molecule has 2 aromatic rings. The molecule has 1 aromatic heterocycles. The average molecular weight is 378 g/mol. The van der Waals surface area contributed by atoms with Crippen LogP contribution in [0.1, 0.15) is 33.3 Å². The molecule has 1 heterocycles. The molecule has 8 heteroatoms. The highest BCUT2D eigenvalue weighted by molar-refractivity contribution is 6.30. The number of nitrogens with one attached hydrogen (secondary N) is 2. The van der Waals surface area contributed by atoms with Gasteiger partial charge < -0.3 is 20.3 Å². The van der Waals surface area contributed by atoms with Crippen molar-refractivity contribution < 1.29 is 14.7 Å². The van der Waals surface area contributed by atoms with Gasteiger partial charge in [0, 0.05) is 24.7 Å². The van der Waals surface area contributed by atoms with E-state index in [9.17, 15) is 19.5 Å². The normalized spacial score (nSPS) is 10.4. The van der Waals surface area contributed by atoms with E-state index in [-0.39, 0.29) is 31.0 Å². The third-order valence-electron chi connectivity index (χ3n) is 3.68. The van der Waals surface area contributed by atoms with E-state index in [1.807, 2.05) is 0 Å². The number of nitrogens with zero attached hydrogens (tertiary/aromatic N) is 1. The zero-order valence-corrected chi connectivity index (χ0v) is 15.0. The number of aliphatic hydroxyl groups is 1. The number of rotatable bonds is 7. The smallest absolute Gasteiger partial charge is 0.268 e. The predicted octanol–water partition coefficient (Wildman–Crippen LogP) is 1.17. The highest BCUT2D eigenvalue weighted by atomic mass is 35.5. The number of hydrogen-bond donors (Lipinski definition) is 3. The van der Waals surface area contributed by atoms with Crippen molar-refractivity contribution in [1.82, 2.24) is 15.2 Å². The summed E-state index contributed by atoms with van der Waals surface area (Å²) >= 11 is 5.82. The quantitative estimate of drug-likeness (QED) is 0.674. The summed E-state index contributed by atoms with van der Waals surface area (Å²) in [6, 6.07) is 9.67.